The predicted octanol–water partition coefficient (Wildman–Crippen LogP) is 4.79. The molecule has 0 saturated heterocycles. The Morgan fingerprint density at radius 1 is 1.05 bits per heavy atom. The molecule has 0 aliphatic carbocycles. The number of benzene rings is 2. The Morgan fingerprint density at radius 3 is 2.25 bits per heavy atom. The fourth-order valence-corrected chi connectivity index (χ4v) is 2.59. The van der Waals surface area contributed by atoms with Crippen LogP contribution in [0.2, 0.25) is 0 Å². The van der Waals surface area contributed by atoms with E-state index in [0.29, 0.717) is 6.42 Å². The first kappa shape index (κ1) is 15.2. The molecule has 0 aromatic heterocycles. The lowest BCUT2D eigenvalue weighted by molar-refractivity contribution is 0.178. The Bertz CT molecular complexity index is 614. The number of hydrogen-bond donors (Lipinski definition) is 1. The first-order valence-electron chi connectivity index (χ1n) is 6.58. The van der Waals surface area contributed by atoms with E-state index in [0.717, 1.165) is 32.3 Å². The lowest BCUT2D eigenvalue weighted by atomic mass is 9.96. The van der Waals surface area contributed by atoms with E-state index in [9.17, 15) is 9.50 Å². The molecule has 0 amide bonds. The summed E-state index contributed by atoms with van der Waals surface area (Å²) in [6, 6.07) is 8.62. The van der Waals surface area contributed by atoms with Crippen molar-refractivity contribution in [2.24, 2.45) is 0 Å². The van der Waals surface area contributed by atoms with E-state index < -0.39 is 6.10 Å². The van der Waals surface area contributed by atoms with Crippen molar-refractivity contribution in [3.8, 4) is 0 Å². The summed E-state index contributed by atoms with van der Waals surface area (Å²) >= 11 is 3.52. The van der Waals surface area contributed by atoms with Crippen LogP contribution in [-0.2, 0) is 6.42 Å². The van der Waals surface area contributed by atoms with Crippen LogP contribution in [0.25, 0.3) is 0 Å². The molecule has 0 aliphatic heterocycles. The molecule has 1 unspecified atom stereocenters. The van der Waals surface area contributed by atoms with Crippen LogP contribution in [0.1, 0.15) is 33.9 Å². The smallest absolute Gasteiger partial charge is 0.123 e. The van der Waals surface area contributed by atoms with Gasteiger partial charge in [-0.15, -0.1) is 0 Å². The van der Waals surface area contributed by atoms with Gasteiger partial charge in [0.2, 0.25) is 0 Å². The van der Waals surface area contributed by atoms with Crippen LogP contribution in [0.5, 0.6) is 0 Å². The number of rotatable bonds is 3. The average Bonchev–Trinajstić information content (AvgIpc) is 2.39. The highest BCUT2D eigenvalue weighted by molar-refractivity contribution is 9.10. The number of aliphatic hydroxyl groups excluding tert-OH is 1. The van der Waals surface area contributed by atoms with Gasteiger partial charge in [0.05, 0.1) is 6.10 Å². The van der Waals surface area contributed by atoms with E-state index in [1.54, 1.807) is 6.07 Å². The molecule has 2 rings (SSSR count). The molecule has 1 atom stereocenters. The molecule has 1 nitrogen and oxygen atoms in total. The second-order valence-corrected chi connectivity index (χ2v) is 6.05. The van der Waals surface area contributed by atoms with Crippen LogP contribution in [0.4, 0.5) is 4.39 Å². The van der Waals surface area contributed by atoms with Gasteiger partial charge >= 0.3 is 0 Å². The van der Waals surface area contributed by atoms with Crippen molar-refractivity contribution >= 4 is 15.9 Å². The van der Waals surface area contributed by atoms with E-state index in [-0.39, 0.29) is 5.82 Å². The van der Waals surface area contributed by atoms with Crippen LogP contribution >= 0.6 is 15.9 Å². The Kier molecular flexibility index (Phi) is 4.61. The Morgan fingerprint density at radius 2 is 1.65 bits per heavy atom. The number of aliphatic hydroxyl groups is 1. The molecule has 0 radical (unpaired) electrons. The van der Waals surface area contributed by atoms with Crippen molar-refractivity contribution in [3.63, 3.8) is 0 Å². The average molecular weight is 337 g/mol. The van der Waals surface area contributed by atoms with Crippen molar-refractivity contribution in [2.45, 2.75) is 33.3 Å². The largest absolute Gasteiger partial charge is 0.388 e. The topological polar surface area (TPSA) is 20.2 Å². The van der Waals surface area contributed by atoms with Crippen molar-refractivity contribution in [2.75, 3.05) is 0 Å². The summed E-state index contributed by atoms with van der Waals surface area (Å²) in [6.07, 6.45) is -0.203. The van der Waals surface area contributed by atoms with Crippen molar-refractivity contribution in [3.05, 3.63) is 68.4 Å². The standard InChI is InChI=1S/C17H18BrFO/c1-10-4-5-15(19)8-13(10)9-16(20)14-6-11(2)17(18)12(3)7-14/h4-8,16,20H,9H2,1-3H3. The molecule has 0 fully saturated rings. The second kappa shape index (κ2) is 6.06. The van der Waals surface area contributed by atoms with Gasteiger partial charge in [-0.05, 0) is 60.7 Å². The van der Waals surface area contributed by atoms with Crippen molar-refractivity contribution < 1.29 is 9.50 Å². The molecule has 0 bridgehead atoms. The maximum atomic E-state index is 13.3. The second-order valence-electron chi connectivity index (χ2n) is 5.26. The van der Waals surface area contributed by atoms with Gasteiger partial charge < -0.3 is 5.11 Å². The molecule has 106 valence electrons. The van der Waals surface area contributed by atoms with Crippen LogP contribution in [0.15, 0.2) is 34.8 Å². The summed E-state index contributed by atoms with van der Waals surface area (Å²) in [5.74, 6) is -0.263. The number of hydrogen-bond acceptors (Lipinski definition) is 1. The fourth-order valence-electron chi connectivity index (χ4n) is 2.36. The summed E-state index contributed by atoms with van der Waals surface area (Å²) in [7, 11) is 0. The first-order chi connectivity index (χ1) is 9.38. The molecular weight excluding hydrogens is 319 g/mol. The molecule has 0 saturated carbocycles. The highest BCUT2D eigenvalue weighted by atomic mass is 79.9. The highest BCUT2D eigenvalue weighted by Crippen LogP contribution is 2.28. The summed E-state index contributed by atoms with van der Waals surface area (Å²) < 4.78 is 14.4. The molecule has 20 heavy (non-hydrogen) atoms. The molecule has 0 spiro atoms. The first-order valence-corrected chi connectivity index (χ1v) is 7.37. The summed E-state index contributed by atoms with van der Waals surface area (Å²) in [4.78, 5) is 0. The summed E-state index contributed by atoms with van der Waals surface area (Å²) in [5, 5.41) is 10.4. The van der Waals surface area contributed by atoms with E-state index in [1.807, 2.05) is 32.9 Å². The molecule has 2 aromatic carbocycles. The summed E-state index contributed by atoms with van der Waals surface area (Å²) in [6.45, 7) is 5.93. The zero-order valence-corrected chi connectivity index (χ0v) is 13.5. The van der Waals surface area contributed by atoms with E-state index in [4.69, 9.17) is 0 Å². The third-order valence-corrected chi connectivity index (χ3v) is 4.82. The lowest BCUT2D eigenvalue weighted by Gasteiger charge is -2.15. The van der Waals surface area contributed by atoms with Gasteiger partial charge in [0.15, 0.2) is 0 Å². The van der Waals surface area contributed by atoms with Gasteiger partial charge in [-0.2, -0.15) is 0 Å². The Balaban J connectivity index is 2.28. The lowest BCUT2D eigenvalue weighted by Crippen LogP contribution is -2.05. The number of halogens is 2. The maximum absolute atomic E-state index is 13.3. The zero-order chi connectivity index (χ0) is 14.9. The minimum absolute atomic E-state index is 0.263. The van der Waals surface area contributed by atoms with Gasteiger partial charge in [0, 0.05) is 10.9 Å². The van der Waals surface area contributed by atoms with Crippen LogP contribution in [-0.4, -0.2) is 5.11 Å². The van der Waals surface area contributed by atoms with E-state index in [1.165, 1.54) is 12.1 Å². The normalized spacial score (nSPS) is 12.5. The quantitative estimate of drug-likeness (QED) is 0.854. The van der Waals surface area contributed by atoms with Crippen LogP contribution in [0.3, 0.4) is 0 Å². The monoisotopic (exact) mass is 336 g/mol. The minimum Gasteiger partial charge on any atom is -0.388 e. The Hall–Kier alpha value is -1.19. The third-order valence-electron chi connectivity index (χ3n) is 3.57. The van der Waals surface area contributed by atoms with Crippen molar-refractivity contribution in [1.82, 2.24) is 0 Å². The zero-order valence-electron chi connectivity index (χ0n) is 11.9. The SMILES string of the molecule is Cc1ccc(F)cc1CC(O)c1cc(C)c(Br)c(C)c1. The number of aryl methyl sites for hydroxylation is 3. The third kappa shape index (κ3) is 3.28. The molecular formula is C17H18BrFO. The molecule has 0 aliphatic rings. The van der Waals surface area contributed by atoms with Gasteiger partial charge in [0.25, 0.3) is 0 Å². The van der Waals surface area contributed by atoms with E-state index >= 15 is 0 Å². The van der Waals surface area contributed by atoms with E-state index in [2.05, 4.69) is 15.9 Å². The maximum Gasteiger partial charge on any atom is 0.123 e. The van der Waals surface area contributed by atoms with Crippen LogP contribution < -0.4 is 0 Å². The van der Waals surface area contributed by atoms with Gasteiger partial charge in [-0.1, -0.05) is 34.1 Å². The molecule has 0 heterocycles. The molecule has 1 N–H and O–H groups in total. The van der Waals surface area contributed by atoms with Gasteiger partial charge in [-0.3, -0.25) is 0 Å². The summed E-state index contributed by atoms with van der Waals surface area (Å²) in [5.41, 5.74) is 4.89. The van der Waals surface area contributed by atoms with Crippen molar-refractivity contribution in [1.29, 1.82) is 0 Å². The minimum atomic E-state index is -0.624. The van der Waals surface area contributed by atoms with Gasteiger partial charge in [-0.25, -0.2) is 4.39 Å². The Labute approximate surface area is 127 Å². The molecule has 3 heteroatoms. The van der Waals surface area contributed by atoms with Crippen LogP contribution in [0, 0.1) is 26.6 Å². The molecule has 2 aromatic rings. The fraction of sp³-hybridized carbons (Fsp3) is 0.294. The highest BCUT2D eigenvalue weighted by Gasteiger charge is 2.13. The van der Waals surface area contributed by atoms with Gasteiger partial charge in [0.1, 0.15) is 5.82 Å². The predicted molar refractivity (Wildman–Crippen MR) is 83.4 cm³/mol.